The zero-order valence-electron chi connectivity index (χ0n) is 17.9. The summed E-state index contributed by atoms with van der Waals surface area (Å²) in [4.78, 5) is 13.1. The quantitative estimate of drug-likeness (QED) is 0.706. The molecule has 0 aliphatic heterocycles. The number of ether oxygens (including phenoxy) is 1. The molecule has 1 heterocycles. The maximum absolute atomic E-state index is 13.1. The molecular weight excluding hydrogens is 396 g/mol. The van der Waals surface area contributed by atoms with Gasteiger partial charge in [0.25, 0.3) is 0 Å². The molecule has 0 spiro atoms. The SMILES string of the molecule is COc1ccccc1-c1nnc(SC(C)C(=O)NC23CC4CC(CC(C4)C2)C3)n1C. The number of benzene rings is 1. The first-order valence-electron chi connectivity index (χ1n) is 11.0. The van der Waals surface area contributed by atoms with Crippen molar-refractivity contribution in [2.75, 3.05) is 7.11 Å². The van der Waals surface area contributed by atoms with E-state index in [-0.39, 0.29) is 16.7 Å². The minimum absolute atomic E-state index is 0.0447. The normalized spacial score (nSPS) is 30.3. The van der Waals surface area contributed by atoms with Crippen molar-refractivity contribution in [3.63, 3.8) is 0 Å². The van der Waals surface area contributed by atoms with Crippen LogP contribution in [0.3, 0.4) is 0 Å². The number of para-hydroxylation sites is 1. The van der Waals surface area contributed by atoms with E-state index in [2.05, 4.69) is 15.5 Å². The van der Waals surface area contributed by atoms with Crippen LogP contribution in [0, 0.1) is 17.8 Å². The van der Waals surface area contributed by atoms with E-state index in [4.69, 9.17) is 4.74 Å². The maximum atomic E-state index is 13.1. The van der Waals surface area contributed by atoms with Crippen molar-refractivity contribution in [1.82, 2.24) is 20.1 Å². The third kappa shape index (κ3) is 3.51. The van der Waals surface area contributed by atoms with Gasteiger partial charge in [-0.2, -0.15) is 0 Å². The molecule has 7 heteroatoms. The van der Waals surface area contributed by atoms with E-state index in [1.807, 2.05) is 42.8 Å². The van der Waals surface area contributed by atoms with Crippen molar-refractivity contribution in [3.8, 4) is 17.1 Å². The lowest BCUT2D eigenvalue weighted by Gasteiger charge is -2.57. The second-order valence-electron chi connectivity index (χ2n) is 9.51. The van der Waals surface area contributed by atoms with Crippen molar-refractivity contribution in [2.24, 2.45) is 24.8 Å². The highest BCUT2D eigenvalue weighted by Crippen LogP contribution is 2.55. The number of rotatable bonds is 6. The van der Waals surface area contributed by atoms with E-state index in [1.165, 1.54) is 50.3 Å². The van der Waals surface area contributed by atoms with Crippen molar-refractivity contribution in [2.45, 2.75) is 61.4 Å². The predicted octanol–water partition coefficient (Wildman–Crippen LogP) is 4.06. The number of carbonyl (C=O) groups excluding carboxylic acids is 1. The van der Waals surface area contributed by atoms with Gasteiger partial charge in [0, 0.05) is 12.6 Å². The number of nitrogens with zero attached hydrogens (tertiary/aromatic N) is 3. The largest absolute Gasteiger partial charge is 0.496 e. The number of amides is 1. The monoisotopic (exact) mass is 426 g/mol. The van der Waals surface area contributed by atoms with E-state index in [9.17, 15) is 4.79 Å². The van der Waals surface area contributed by atoms with Gasteiger partial charge in [-0.05, 0) is 75.3 Å². The molecule has 0 radical (unpaired) electrons. The number of aromatic nitrogens is 3. The summed E-state index contributed by atoms with van der Waals surface area (Å²) < 4.78 is 7.41. The van der Waals surface area contributed by atoms with Crippen molar-refractivity contribution in [3.05, 3.63) is 24.3 Å². The molecule has 4 aliphatic rings. The first-order chi connectivity index (χ1) is 14.5. The highest BCUT2D eigenvalue weighted by atomic mass is 32.2. The summed E-state index contributed by atoms with van der Waals surface area (Å²) in [7, 11) is 3.59. The Labute approximate surface area is 182 Å². The summed E-state index contributed by atoms with van der Waals surface area (Å²) >= 11 is 1.47. The Morgan fingerprint density at radius 2 is 1.80 bits per heavy atom. The Morgan fingerprint density at radius 3 is 2.43 bits per heavy atom. The second-order valence-corrected chi connectivity index (χ2v) is 10.8. The summed E-state index contributed by atoms with van der Waals surface area (Å²) in [6, 6.07) is 7.78. The third-order valence-corrected chi connectivity index (χ3v) is 8.39. The molecule has 4 bridgehead atoms. The number of nitrogens with one attached hydrogen (secondary N) is 1. The molecule has 4 aliphatic carbocycles. The Balaban J connectivity index is 1.28. The average Bonchev–Trinajstić information content (AvgIpc) is 3.06. The van der Waals surface area contributed by atoms with Crippen molar-refractivity contribution in [1.29, 1.82) is 0 Å². The molecule has 1 N–H and O–H groups in total. The molecule has 1 unspecified atom stereocenters. The van der Waals surface area contributed by atoms with E-state index in [0.717, 1.165) is 40.0 Å². The molecule has 0 saturated heterocycles. The fraction of sp³-hybridized carbons (Fsp3) is 0.609. The molecule has 160 valence electrons. The van der Waals surface area contributed by atoms with Crippen LogP contribution < -0.4 is 10.1 Å². The smallest absolute Gasteiger partial charge is 0.233 e. The lowest BCUT2D eigenvalue weighted by Crippen LogP contribution is -2.60. The summed E-state index contributed by atoms with van der Waals surface area (Å²) in [5.41, 5.74) is 0.941. The number of hydrogen-bond donors (Lipinski definition) is 1. The van der Waals surface area contributed by atoms with Gasteiger partial charge in [0.15, 0.2) is 11.0 Å². The summed E-state index contributed by atoms with van der Waals surface area (Å²) in [5, 5.41) is 12.7. The first kappa shape index (κ1) is 19.9. The predicted molar refractivity (Wildman–Crippen MR) is 117 cm³/mol. The Morgan fingerprint density at radius 1 is 1.17 bits per heavy atom. The van der Waals surface area contributed by atoms with Gasteiger partial charge in [0.2, 0.25) is 5.91 Å². The number of carbonyl (C=O) groups is 1. The standard InChI is InChI=1S/C23H30N4O2S/c1-14(21(28)24-23-11-15-8-16(12-23)10-17(9-15)13-23)30-22-26-25-20(27(22)2)18-6-4-5-7-19(18)29-3/h4-7,14-17H,8-13H2,1-3H3,(H,24,28). The lowest BCUT2D eigenvalue weighted by atomic mass is 9.53. The van der Waals surface area contributed by atoms with E-state index in [0.29, 0.717) is 0 Å². The van der Waals surface area contributed by atoms with Crippen LogP contribution in [0.5, 0.6) is 5.75 Å². The van der Waals surface area contributed by atoms with Gasteiger partial charge >= 0.3 is 0 Å². The average molecular weight is 427 g/mol. The fourth-order valence-electron chi connectivity index (χ4n) is 6.32. The Bertz CT molecular complexity index is 921. The number of hydrogen-bond acceptors (Lipinski definition) is 5. The second kappa shape index (κ2) is 7.59. The van der Waals surface area contributed by atoms with E-state index >= 15 is 0 Å². The number of thioether (sulfide) groups is 1. The van der Waals surface area contributed by atoms with Crippen LogP contribution in [0.25, 0.3) is 11.4 Å². The highest BCUT2D eigenvalue weighted by molar-refractivity contribution is 8.00. The molecule has 6 rings (SSSR count). The zero-order valence-corrected chi connectivity index (χ0v) is 18.7. The van der Waals surface area contributed by atoms with Gasteiger partial charge in [-0.1, -0.05) is 23.9 Å². The molecule has 6 nitrogen and oxygen atoms in total. The van der Waals surface area contributed by atoms with E-state index < -0.39 is 0 Å². The zero-order chi connectivity index (χ0) is 20.9. The van der Waals surface area contributed by atoms with Crippen LogP contribution >= 0.6 is 11.8 Å². The van der Waals surface area contributed by atoms with Crippen LogP contribution in [0.15, 0.2) is 29.4 Å². The van der Waals surface area contributed by atoms with E-state index in [1.54, 1.807) is 7.11 Å². The van der Waals surface area contributed by atoms with Crippen molar-refractivity contribution >= 4 is 17.7 Å². The molecule has 2 aromatic rings. The summed E-state index contributed by atoms with van der Waals surface area (Å²) in [6.07, 6.45) is 7.65. The maximum Gasteiger partial charge on any atom is 0.233 e. The van der Waals surface area contributed by atoms with Gasteiger partial charge in [0.1, 0.15) is 5.75 Å². The highest BCUT2D eigenvalue weighted by Gasteiger charge is 2.51. The molecular formula is C23H30N4O2S. The van der Waals surface area contributed by atoms with Gasteiger partial charge in [0.05, 0.1) is 17.9 Å². The first-order valence-corrected chi connectivity index (χ1v) is 11.9. The molecule has 4 saturated carbocycles. The van der Waals surface area contributed by atoms with Gasteiger partial charge < -0.3 is 14.6 Å². The minimum atomic E-state index is -0.216. The van der Waals surface area contributed by atoms with Crippen LogP contribution in [0.4, 0.5) is 0 Å². The minimum Gasteiger partial charge on any atom is -0.496 e. The molecule has 1 amide bonds. The van der Waals surface area contributed by atoms with Crippen molar-refractivity contribution < 1.29 is 9.53 Å². The van der Waals surface area contributed by atoms with Gasteiger partial charge in [-0.15, -0.1) is 10.2 Å². The van der Waals surface area contributed by atoms with Crippen LogP contribution in [-0.4, -0.2) is 38.6 Å². The van der Waals surface area contributed by atoms with Gasteiger partial charge in [-0.3, -0.25) is 4.79 Å². The van der Waals surface area contributed by atoms with Crippen LogP contribution in [0.2, 0.25) is 0 Å². The third-order valence-electron chi connectivity index (χ3n) is 7.26. The topological polar surface area (TPSA) is 69.0 Å². The lowest BCUT2D eigenvalue weighted by molar-refractivity contribution is -0.126. The summed E-state index contributed by atoms with van der Waals surface area (Å²) in [6.45, 7) is 1.97. The molecule has 4 fully saturated rings. The van der Waals surface area contributed by atoms with Gasteiger partial charge in [-0.25, -0.2) is 0 Å². The molecule has 1 aromatic heterocycles. The Hall–Kier alpha value is -2.02. The summed E-state index contributed by atoms with van der Waals surface area (Å²) in [5.74, 6) is 4.09. The molecule has 1 aromatic carbocycles. The van der Waals surface area contributed by atoms with Crippen LogP contribution in [-0.2, 0) is 11.8 Å². The fourth-order valence-corrected chi connectivity index (χ4v) is 7.13. The Kier molecular flexibility index (Phi) is 5.04. The molecule has 1 atom stereocenters. The molecule has 30 heavy (non-hydrogen) atoms. The number of methoxy groups -OCH3 is 1. The van der Waals surface area contributed by atoms with Crippen LogP contribution in [0.1, 0.15) is 45.4 Å².